The van der Waals surface area contributed by atoms with Crippen molar-refractivity contribution in [3.63, 3.8) is 0 Å². The fraction of sp³-hybridized carbons (Fsp3) is 0.167. The van der Waals surface area contributed by atoms with E-state index in [-0.39, 0.29) is 11.4 Å². The maximum Gasteiger partial charge on any atom is 0.354 e. The number of carboxylic acid groups (broad SMARTS) is 1. The van der Waals surface area contributed by atoms with Gasteiger partial charge in [-0.15, -0.1) is 11.3 Å². The van der Waals surface area contributed by atoms with Crippen LogP contribution in [0.2, 0.25) is 5.02 Å². The predicted octanol–water partition coefficient (Wildman–Crippen LogP) is 3.30. The normalized spacial score (nSPS) is 10.5. The Bertz CT molecular complexity index is 660. The third-order valence-electron chi connectivity index (χ3n) is 2.52. The summed E-state index contributed by atoms with van der Waals surface area (Å²) >= 11 is 7.23. The molecule has 100 valence electrons. The third-order valence-corrected chi connectivity index (χ3v) is 4.22. The van der Waals surface area contributed by atoms with E-state index in [4.69, 9.17) is 16.7 Å². The average molecular weight is 299 g/mol. The van der Waals surface area contributed by atoms with Crippen LogP contribution in [0.4, 0.5) is 5.69 Å². The van der Waals surface area contributed by atoms with Gasteiger partial charge in [0, 0.05) is 5.69 Å². The van der Waals surface area contributed by atoms with E-state index in [1.807, 2.05) is 0 Å². The molecule has 0 bridgehead atoms. The number of amides is 1. The summed E-state index contributed by atoms with van der Waals surface area (Å²) in [5.41, 5.74) is 1.66. The van der Waals surface area contributed by atoms with Crippen molar-refractivity contribution in [3.05, 3.63) is 38.3 Å². The fourth-order valence-electron chi connectivity index (χ4n) is 1.62. The van der Waals surface area contributed by atoms with E-state index in [1.165, 1.54) is 11.3 Å². The molecule has 0 unspecified atom stereocenters. The minimum Gasteiger partial charge on any atom is -0.477 e. The van der Waals surface area contributed by atoms with Crippen molar-refractivity contribution < 1.29 is 14.7 Å². The number of hydrogen-bond acceptors (Lipinski definition) is 3. The van der Waals surface area contributed by atoms with Crippen LogP contribution >= 0.6 is 22.9 Å². The molecule has 2 rings (SSSR count). The summed E-state index contributed by atoms with van der Waals surface area (Å²) in [6.07, 6.45) is 0. The van der Waals surface area contributed by atoms with Gasteiger partial charge in [0.05, 0.1) is 10.7 Å². The molecule has 2 aromatic heterocycles. The van der Waals surface area contributed by atoms with Gasteiger partial charge in [-0.25, -0.2) is 4.79 Å². The number of hydrogen-bond donors (Lipinski definition) is 3. The van der Waals surface area contributed by atoms with Gasteiger partial charge in [0.2, 0.25) is 0 Å². The number of aromatic carboxylic acids is 1. The molecule has 0 aliphatic carbocycles. The second-order valence-electron chi connectivity index (χ2n) is 4.06. The first-order valence-electron chi connectivity index (χ1n) is 5.38. The lowest BCUT2D eigenvalue weighted by Gasteiger charge is -2.03. The number of aromatic amines is 1. The van der Waals surface area contributed by atoms with Crippen LogP contribution in [0.3, 0.4) is 0 Å². The maximum absolute atomic E-state index is 12.0. The monoisotopic (exact) mass is 298 g/mol. The first-order chi connectivity index (χ1) is 8.90. The molecular weight excluding hydrogens is 288 g/mol. The molecule has 0 aliphatic heterocycles. The third kappa shape index (κ3) is 2.64. The zero-order valence-electron chi connectivity index (χ0n) is 10.2. The topological polar surface area (TPSA) is 82.2 Å². The minimum absolute atomic E-state index is 0.0461. The Morgan fingerprint density at radius 3 is 2.63 bits per heavy atom. The lowest BCUT2D eigenvalue weighted by atomic mass is 10.3. The molecule has 0 saturated heterocycles. The van der Waals surface area contributed by atoms with Gasteiger partial charge in [-0.2, -0.15) is 0 Å². The van der Waals surface area contributed by atoms with E-state index in [0.717, 1.165) is 5.56 Å². The van der Waals surface area contributed by atoms with E-state index < -0.39 is 11.9 Å². The van der Waals surface area contributed by atoms with E-state index in [0.29, 0.717) is 15.6 Å². The van der Waals surface area contributed by atoms with Gasteiger partial charge >= 0.3 is 5.97 Å². The number of halogens is 1. The Morgan fingerprint density at radius 2 is 2.11 bits per heavy atom. The Labute approximate surface area is 118 Å². The summed E-state index contributed by atoms with van der Waals surface area (Å²) < 4.78 is 0. The van der Waals surface area contributed by atoms with E-state index >= 15 is 0 Å². The van der Waals surface area contributed by atoms with Crippen molar-refractivity contribution in [3.8, 4) is 0 Å². The second-order valence-corrected chi connectivity index (χ2v) is 5.32. The second kappa shape index (κ2) is 5.07. The molecule has 0 radical (unpaired) electrons. The Kier molecular flexibility index (Phi) is 3.64. The molecule has 5 nitrogen and oxygen atoms in total. The minimum atomic E-state index is -1.13. The largest absolute Gasteiger partial charge is 0.477 e. The van der Waals surface area contributed by atoms with Crippen LogP contribution in [0.5, 0.6) is 0 Å². The highest BCUT2D eigenvalue weighted by Crippen LogP contribution is 2.28. The van der Waals surface area contributed by atoms with Gasteiger partial charge in [-0.05, 0) is 30.9 Å². The standard InChI is InChI=1S/C12H11ClN2O3S/c1-5-4-19-10(8(5)13)11(16)15-7-3-6(2)14-9(7)12(17)18/h3-4,14H,1-2H3,(H,15,16)(H,17,18). The first kappa shape index (κ1) is 13.6. The Morgan fingerprint density at radius 1 is 1.42 bits per heavy atom. The molecule has 1 amide bonds. The number of rotatable bonds is 3. The smallest absolute Gasteiger partial charge is 0.354 e. The van der Waals surface area contributed by atoms with Gasteiger partial charge in [0.1, 0.15) is 10.6 Å². The quantitative estimate of drug-likeness (QED) is 0.813. The molecule has 19 heavy (non-hydrogen) atoms. The number of anilines is 1. The van der Waals surface area contributed by atoms with Crippen LogP contribution in [0, 0.1) is 13.8 Å². The molecule has 2 heterocycles. The number of carboxylic acids is 1. The fourth-order valence-corrected chi connectivity index (χ4v) is 2.79. The Hall–Kier alpha value is -1.79. The predicted molar refractivity (Wildman–Crippen MR) is 74.5 cm³/mol. The van der Waals surface area contributed by atoms with Gasteiger partial charge in [0.15, 0.2) is 0 Å². The number of thiophene rings is 1. The number of aryl methyl sites for hydroxylation is 2. The van der Waals surface area contributed by atoms with E-state index in [2.05, 4.69) is 10.3 Å². The van der Waals surface area contributed by atoms with Gasteiger partial charge < -0.3 is 15.4 Å². The SMILES string of the molecule is Cc1cc(NC(=O)c2scc(C)c2Cl)c(C(=O)O)[nH]1. The molecule has 0 aliphatic rings. The van der Waals surface area contributed by atoms with Gasteiger partial charge in [-0.3, -0.25) is 4.79 Å². The molecule has 0 atom stereocenters. The zero-order chi connectivity index (χ0) is 14.2. The number of aromatic nitrogens is 1. The van der Waals surface area contributed by atoms with Crippen LogP contribution < -0.4 is 5.32 Å². The molecule has 2 aromatic rings. The average Bonchev–Trinajstić information content (AvgIpc) is 2.84. The molecular formula is C12H11ClN2O3S. The summed E-state index contributed by atoms with van der Waals surface area (Å²) in [5, 5.41) is 13.7. The summed E-state index contributed by atoms with van der Waals surface area (Å²) in [6.45, 7) is 3.52. The highest BCUT2D eigenvalue weighted by atomic mass is 35.5. The van der Waals surface area contributed by atoms with Crippen LogP contribution in [0.25, 0.3) is 0 Å². The maximum atomic E-state index is 12.0. The lowest BCUT2D eigenvalue weighted by molar-refractivity contribution is 0.0692. The first-order valence-corrected chi connectivity index (χ1v) is 6.63. The highest BCUT2D eigenvalue weighted by molar-refractivity contribution is 7.13. The molecule has 0 fully saturated rings. The summed E-state index contributed by atoms with van der Waals surface area (Å²) in [4.78, 5) is 26.1. The van der Waals surface area contributed by atoms with E-state index in [1.54, 1.807) is 25.3 Å². The number of carbonyl (C=O) groups excluding carboxylic acids is 1. The number of carbonyl (C=O) groups is 2. The summed E-state index contributed by atoms with van der Waals surface area (Å²) in [5.74, 6) is -1.54. The van der Waals surface area contributed by atoms with Gasteiger partial charge in [-0.1, -0.05) is 11.6 Å². The van der Waals surface area contributed by atoms with Crippen LogP contribution in [-0.4, -0.2) is 22.0 Å². The lowest BCUT2D eigenvalue weighted by Crippen LogP contribution is -2.13. The molecule has 0 aromatic carbocycles. The summed E-state index contributed by atoms with van der Waals surface area (Å²) in [6, 6.07) is 1.57. The van der Waals surface area contributed by atoms with Crippen molar-refractivity contribution in [1.82, 2.24) is 4.98 Å². The van der Waals surface area contributed by atoms with E-state index in [9.17, 15) is 9.59 Å². The molecule has 0 spiro atoms. The number of H-pyrrole nitrogens is 1. The van der Waals surface area contributed by atoms with Crippen LogP contribution in [0.1, 0.15) is 31.4 Å². The van der Waals surface area contributed by atoms with Crippen molar-refractivity contribution in [2.75, 3.05) is 5.32 Å². The molecule has 7 heteroatoms. The van der Waals surface area contributed by atoms with Gasteiger partial charge in [0.25, 0.3) is 5.91 Å². The molecule has 0 saturated carbocycles. The molecule has 3 N–H and O–H groups in total. The summed E-state index contributed by atoms with van der Waals surface area (Å²) in [7, 11) is 0. The van der Waals surface area contributed by atoms with Crippen molar-refractivity contribution in [1.29, 1.82) is 0 Å². The van der Waals surface area contributed by atoms with Crippen molar-refractivity contribution in [2.45, 2.75) is 13.8 Å². The zero-order valence-corrected chi connectivity index (χ0v) is 11.8. The van der Waals surface area contributed by atoms with Crippen LogP contribution in [0.15, 0.2) is 11.4 Å². The van der Waals surface area contributed by atoms with Crippen molar-refractivity contribution >= 4 is 40.5 Å². The van der Waals surface area contributed by atoms with Crippen molar-refractivity contribution in [2.24, 2.45) is 0 Å². The number of nitrogens with one attached hydrogen (secondary N) is 2. The Balaban J connectivity index is 2.29. The van der Waals surface area contributed by atoms with Crippen LogP contribution in [-0.2, 0) is 0 Å². The highest BCUT2D eigenvalue weighted by Gasteiger charge is 2.19.